The number of aromatic nitrogens is 3. The van der Waals surface area contributed by atoms with Crippen LogP contribution in [0.3, 0.4) is 0 Å². The van der Waals surface area contributed by atoms with Crippen LogP contribution in [0.4, 0.5) is 0 Å². The Bertz CT molecular complexity index is 921. The molecule has 1 aromatic heterocycles. The van der Waals surface area contributed by atoms with E-state index in [-0.39, 0.29) is 0 Å². The fraction of sp³-hybridized carbons (Fsp3) is 0.0526. The van der Waals surface area contributed by atoms with Gasteiger partial charge in [0, 0.05) is 0 Å². The Morgan fingerprint density at radius 3 is 2.12 bits per heavy atom. The summed E-state index contributed by atoms with van der Waals surface area (Å²) in [6.45, 7) is 0.561. The maximum Gasteiger partial charge on any atom is 0.137 e. The van der Waals surface area contributed by atoms with Gasteiger partial charge in [-0.1, -0.05) is 24.3 Å². The third kappa shape index (κ3) is 3.55. The number of hydrogen-bond donors (Lipinski definition) is 0. The topological polar surface area (TPSA) is 78.3 Å². The quantitative estimate of drug-likeness (QED) is 0.693. The molecule has 0 atom stereocenters. The summed E-state index contributed by atoms with van der Waals surface area (Å²) in [5.41, 5.74) is 4.29. The van der Waals surface area contributed by atoms with Crippen LogP contribution in [0.15, 0.2) is 61.2 Å². The maximum absolute atomic E-state index is 8.95. The number of benzene rings is 2. The van der Waals surface area contributed by atoms with Crippen LogP contribution >= 0.6 is 0 Å². The van der Waals surface area contributed by atoms with Crippen molar-refractivity contribution in [3.63, 3.8) is 0 Å². The molecule has 3 rings (SSSR count). The lowest BCUT2D eigenvalue weighted by atomic mass is 10.0. The minimum atomic E-state index is 0.561. The van der Waals surface area contributed by atoms with Gasteiger partial charge in [0.25, 0.3) is 0 Å². The van der Waals surface area contributed by atoms with Crippen LogP contribution in [0.1, 0.15) is 22.3 Å². The molecule has 0 saturated heterocycles. The molecule has 0 N–H and O–H groups in total. The Morgan fingerprint density at radius 2 is 1.58 bits per heavy atom. The van der Waals surface area contributed by atoms with Gasteiger partial charge in [-0.3, -0.25) is 0 Å². The van der Waals surface area contributed by atoms with Gasteiger partial charge in [-0.25, -0.2) is 9.67 Å². The largest absolute Gasteiger partial charge is 0.249 e. The lowest BCUT2D eigenvalue weighted by Crippen LogP contribution is -2.01. The zero-order valence-electron chi connectivity index (χ0n) is 12.8. The first kappa shape index (κ1) is 15.2. The first-order valence-corrected chi connectivity index (χ1v) is 7.32. The van der Waals surface area contributed by atoms with Gasteiger partial charge >= 0.3 is 0 Å². The molecule has 2 aromatic carbocycles. The predicted molar refractivity (Wildman–Crippen MR) is 90.2 cm³/mol. The number of nitriles is 2. The third-order valence-electron chi connectivity index (χ3n) is 3.56. The highest BCUT2D eigenvalue weighted by Gasteiger charge is 2.05. The monoisotopic (exact) mass is 311 g/mol. The molecule has 0 fully saturated rings. The van der Waals surface area contributed by atoms with Crippen molar-refractivity contribution in [1.29, 1.82) is 10.5 Å². The van der Waals surface area contributed by atoms with Crippen LogP contribution in [-0.2, 0) is 6.54 Å². The second-order valence-corrected chi connectivity index (χ2v) is 5.19. The van der Waals surface area contributed by atoms with Crippen molar-refractivity contribution >= 4 is 11.6 Å². The molecule has 24 heavy (non-hydrogen) atoms. The average molecular weight is 311 g/mol. The molecule has 0 unspecified atom stereocenters. The van der Waals surface area contributed by atoms with Crippen molar-refractivity contribution in [3.8, 4) is 12.1 Å². The van der Waals surface area contributed by atoms with Crippen molar-refractivity contribution in [1.82, 2.24) is 14.8 Å². The van der Waals surface area contributed by atoms with Crippen molar-refractivity contribution in [2.75, 3.05) is 0 Å². The molecule has 0 amide bonds. The minimum Gasteiger partial charge on any atom is -0.249 e. The molecule has 0 radical (unpaired) electrons. The van der Waals surface area contributed by atoms with E-state index in [1.54, 1.807) is 35.3 Å². The molecule has 0 bridgehead atoms. The van der Waals surface area contributed by atoms with Gasteiger partial charge in [-0.05, 0) is 47.0 Å². The molecule has 0 aliphatic rings. The Hall–Kier alpha value is -3.70. The average Bonchev–Trinajstić information content (AvgIpc) is 3.15. The molecule has 5 nitrogen and oxygen atoms in total. The van der Waals surface area contributed by atoms with Crippen LogP contribution < -0.4 is 0 Å². The standard InChI is InChI=1S/C19H13N5/c20-10-16-3-1-15(2-4-16)9-19(12-24-14-22-13-23-24)18-7-5-17(11-21)6-8-18/h1-9,13-14H,12H2/b19-9+. The van der Waals surface area contributed by atoms with E-state index in [0.29, 0.717) is 17.7 Å². The molecular weight excluding hydrogens is 298 g/mol. The summed E-state index contributed by atoms with van der Waals surface area (Å²) >= 11 is 0. The molecule has 1 heterocycles. The molecule has 0 saturated carbocycles. The Labute approximate surface area is 139 Å². The SMILES string of the molecule is N#Cc1ccc(/C=C(\Cn2cncn2)c2ccc(C#N)cc2)cc1. The second kappa shape index (κ2) is 7.04. The fourth-order valence-corrected chi connectivity index (χ4v) is 2.32. The molecular formula is C19H13N5. The lowest BCUT2D eigenvalue weighted by molar-refractivity contribution is 0.711. The number of rotatable bonds is 4. The Kier molecular flexibility index (Phi) is 4.46. The first-order valence-electron chi connectivity index (χ1n) is 7.32. The van der Waals surface area contributed by atoms with E-state index in [1.807, 2.05) is 30.3 Å². The van der Waals surface area contributed by atoms with Crippen LogP contribution in [0.25, 0.3) is 11.6 Å². The van der Waals surface area contributed by atoms with Crippen molar-refractivity contribution in [2.45, 2.75) is 6.54 Å². The summed E-state index contributed by atoms with van der Waals surface area (Å²) in [5.74, 6) is 0. The Morgan fingerprint density at radius 1 is 0.958 bits per heavy atom. The van der Waals surface area contributed by atoms with Crippen molar-refractivity contribution in [2.24, 2.45) is 0 Å². The fourth-order valence-electron chi connectivity index (χ4n) is 2.32. The molecule has 3 aromatic rings. The maximum atomic E-state index is 8.95. The van der Waals surface area contributed by atoms with E-state index in [4.69, 9.17) is 10.5 Å². The van der Waals surface area contributed by atoms with Gasteiger partial charge in [-0.2, -0.15) is 15.6 Å². The van der Waals surface area contributed by atoms with E-state index >= 15 is 0 Å². The summed E-state index contributed by atoms with van der Waals surface area (Å²) in [6, 6.07) is 19.1. The smallest absolute Gasteiger partial charge is 0.137 e. The minimum absolute atomic E-state index is 0.561. The number of allylic oxidation sites excluding steroid dienone is 1. The zero-order valence-corrected chi connectivity index (χ0v) is 12.8. The van der Waals surface area contributed by atoms with Crippen molar-refractivity contribution < 1.29 is 0 Å². The molecule has 0 spiro atoms. The second-order valence-electron chi connectivity index (χ2n) is 5.19. The zero-order chi connectivity index (χ0) is 16.8. The third-order valence-corrected chi connectivity index (χ3v) is 3.56. The molecule has 0 aliphatic carbocycles. The van der Waals surface area contributed by atoms with E-state index < -0.39 is 0 Å². The molecule has 5 heteroatoms. The normalized spacial score (nSPS) is 10.8. The van der Waals surface area contributed by atoms with Gasteiger partial charge in [0.1, 0.15) is 12.7 Å². The number of hydrogen-bond acceptors (Lipinski definition) is 4. The van der Waals surface area contributed by atoms with Gasteiger partial charge < -0.3 is 0 Å². The molecule has 0 aliphatic heterocycles. The van der Waals surface area contributed by atoms with Gasteiger partial charge in [-0.15, -0.1) is 0 Å². The summed E-state index contributed by atoms with van der Waals surface area (Å²) in [7, 11) is 0. The summed E-state index contributed by atoms with van der Waals surface area (Å²) < 4.78 is 1.74. The van der Waals surface area contributed by atoms with Gasteiger partial charge in [0.15, 0.2) is 0 Å². The predicted octanol–water partition coefficient (Wildman–Crippen LogP) is 3.26. The first-order chi connectivity index (χ1) is 11.8. The van der Waals surface area contributed by atoms with Crippen LogP contribution in [0, 0.1) is 22.7 Å². The van der Waals surface area contributed by atoms with Crippen LogP contribution in [0.5, 0.6) is 0 Å². The summed E-state index contributed by atoms with van der Waals surface area (Å²) in [4.78, 5) is 3.97. The Balaban J connectivity index is 1.98. The van der Waals surface area contributed by atoms with Gasteiger partial charge in [0.2, 0.25) is 0 Å². The number of nitrogens with zero attached hydrogens (tertiary/aromatic N) is 5. The van der Waals surface area contributed by atoms with Crippen LogP contribution in [-0.4, -0.2) is 14.8 Å². The van der Waals surface area contributed by atoms with E-state index in [9.17, 15) is 0 Å². The highest BCUT2D eigenvalue weighted by atomic mass is 15.3. The summed E-state index contributed by atoms with van der Waals surface area (Å²) in [5, 5.41) is 22.0. The summed E-state index contributed by atoms with van der Waals surface area (Å²) in [6.07, 6.45) is 5.21. The van der Waals surface area contributed by atoms with Crippen molar-refractivity contribution in [3.05, 3.63) is 83.4 Å². The molecule has 114 valence electrons. The van der Waals surface area contributed by atoms with Gasteiger partial charge in [0.05, 0.1) is 29.8 Å². The van der Waals surface area contributed by atoms with Crippen LogP contribution in [0.2, 0.25) is 0 Å². The van der Waals surface area contributed by atoms with E-state index in [0.717, 1.165) is 16.7 Å². The highest BCUT2D eigenvalue weighted by molar-refractivity contribution is 5.81. The van der Waals surface area contributed by atoms with E-state index in [1.165, 1.54) is 6.33 Å². The lowest BCUT2D eigenvalue weighted by Gasteiger charge is -2.09. The van der Waals surface area contributed by atoms with E-state index in [2.05, 4.69) is 22.2 Å². The highest BCUT2D eigenvalue weighted by Crippen LogP contribution is 2.21.